The van der Waals surface area contributed by atoms with Crippen LogP contribution in [0, 0.1) is 0 Å². The van der Waals surface area contributed by atoms with Crippen molar-refractivity contribution in [3.63, 3.8) is 0 Å². The third kappa shape index (κ3) is 3.27. The van der Waals surface area contributed by atoms with E-state index >= 15 is 0 Å². The molecule has 1 aromatic heterocycles. The normalized spacial score (nSPS) is 17.8. The molecule has 0 amide bonds. The van der Waals surface area contributed by atoms with Crippen molar-refractivity contribution in [1.29, 1.82) is 0 Å². The molecule has 0 spiro atoms. The summed E-state index contributed by atoms with van der Waals surface area (Å²) in [6.45, 7) is 4.78. The minimum absolute atomic E-state index is 0.343. The molecule has 3 nitrogen and oxygen atoms in total. The number of aryl methyl sites for hydroxylation is 1. The van der Waals surface area contributed by atoms with Crippen LogP contribution in [0.25, 0.3) is 0 Å². The first-order chi connectivity index (χ1) is 10.1. The number of hydrogen-bond acceptors (Lipinski definition) is 4. The molecule has 1 unspecified atom stereocenters. The molecule has 0 saturated heterocycles. The van der Waals surface area contributed by atoms with Crippen LogP contribution in [0.1, 0.15) is 60.5 Å². The second kappa shape index (κ2) is 6.16. The molecule has 2 aromatic rings. The predicted molar refractivity (Wildman–Crippen MR) is 84.9 cm³/mol. The van der Waals surface area contributed by atoms with Crippen molar-refractivity contribution < 1.29 is 9.84 Å². The Morgan fingerprint density at radius 3 is 3.05 bits per heavy atom. The summed E-state index contributed by atoms with van der Waals surface area (Å²) < 4.78 is 5.83. The van der Waals surface area contributed by atoms with Crippen LogP contribution in [0.4, 0.5) is 0 Å². The Labute approximate surface area is 129 Å². The van der Waals surface area contributed by atoms with Crippen molar-refractivity contribution in [3.05, 3.63) is 45.4 Å². The van der Waals surface area contributed by atoms with Gasteiger partial charge in [-0.25, -0.2) is 4.98 Å². The molecule has 0 saturated carbocycles. The van der Waals surface area contributed by atoms with E-state index in [1.165, 1.54) is 5.56 Å². The van der Waals surface area contributed by atoms with Crippen LogP contribution in [-0.2, 0) is 13.0 Å². The number of thiazole rings is 1. The van der Waals surface area contributed by atoms with E-state index in [2.05, 4.69) is 30.3 Å². The van der Waals surface area contributed by atoms with Crippen LogP contribution in [0.3, 0.4) is 0 Å². The second-order valence-corrected chi connectivity index (χ2v) is 6.78. The molecule has 1 aliphatic carbocycles. The number of aliphatic hydroxyl groups excluding tert-OH is 1. The summed E-state index contributed by atoms with van der Waals surface area (Å²) in [5.41, 5.74) is 3.25. The van der Waals surface area contributed by atoms with Crippen molar-refractivity contribution in [3.8, 4) is 5.75 Å². The second-order valence-electron chi connectivity index (χ2n) is 5.89. The van der Waals surface area contributed by atoms with E-state index < -0.39 is 0 Å². The van der Waals surface area contributed by atoms with Crippen LogP contribution in [-0.4, -0.2) is 10.1 Å². The maximum atomic E-state index is 10.1. The van der Waals surface area contributed by atoms with E-state index in [0.29, 0.717) is 12.5 Å². The quantitative estimate of drug-likeness (QED) is 0.919. The lowest BCUT2D eigenvalue weighted by Crippen LogP contribution is -2.09. The smallest absolute Gasteiger partial charge is 0.131 e. The van der Waals surface area contributed by atoms with E-state index in [9.17, 15) is 5.11 Å². The summed E-state index contributed by atoms with van der Waals surface area (Å²) in [7, 11) is 0. The first-order valence-electron chi connectivity index (χ1n) is 7.51. The summed E-state index contributed by atoms with van der Waals surface area (Å²) in [6.07, 6.45) is 2.62. The SMILES string of the molecule is CC(C)c1nc(COc2ccc3c(c2)C(O)CCC3)cs1. The summed E-state index contributed by atoms with van der Waals surface area (Å²) in [5, 5.41) is 13.3. The van der Waals surface area contributed by atoms with Crippen molar-refractivity contribution in [2.75, 3.05) is 0 Å². The molecule has 0 fully saturated rings. The van der Waals surface area contributed by atoms with Gasteiger partial charge in [0.1, 0.15) is 12.4 Å². The van der Waals surface area contributed by atoms with Crippen molar-refractivity contribution in [1.82, 2.24) is 4.98 Å². The largest absolute Gasteiger partial charge is 0.487 e. The first kappa shape index (κ1) is 14.5. The molecule has 1 atom stereocenters. The minimum Gasteiger partial charge on any atom is -0.487 e. The third-order valence-corrected chi connectivity index (χ3v) is 5.04. The van der Waals surface area contributed by atoms with Gasteiger partial charge in [-0.3, -0.25) is 0 Å². The van der Waals surface area contributed by atoms with Gasteiger partial charge in [-0.15, -0.1) is 11.3 Å². The highest BCUT2D eigenvalue weighted by Gasteiger charge is 2.18. The standard InChI is InChI=1S/C17H21NO2S/c1-11(2)17-18-13(10-21-17)9-20-14-7-6-12-4-3-5-16(19)15(12)8-14/h6-8,10-11,16,19H,3-5,9H2,1-2H3. The predicted octanol–water partition coefficient (Wildman–Crippen LogP) is 4.22. The van der Waals surface area contributed by atoms with Crippen molar-refractivity contribution in [2.45, 2.75) is 51.7 Å². The van der Waals surface area contributed by atoms with Crippen LogP contribution in [0.2, 0.25) is 0 Å². The highest BCUT2D eigenvalue weighted by atomic mass is 32.1. The third-order valence-electron chi connectivity index (χ3n) is 3.85. The Morgan fingerprint density at radius 1 is 1.43 bits per heavy atom. The van der Waals surface area contributed by atoms with Gasteiger partial charge in [0.25, 0.3) is 0 Å². The highest BCUT2D eigenvalue weighted by Crippen LogP contribution is 2.32. The average molecular weight is 303 g/mol. The van der Waals surface area contributed by atoms with Gasteiger partial charge in [0.2, 0.25) is 0 Å². The molecule has 4 heteroatoms. The number of nitrogens with zero attached hydrogens (tertiary/aromatic N) is 1. The molecule has 1 aliphatic rings. The van der Waals surface area contributed by atoms with E-state index in [0.717, 1.165) is 41.3 Å². The van der Waals surface area contributed by atoms with Gasteiger partial charge < -0.3 is 9.84 Å². The van der Waals surface area contributed by atoms with Gasteiger partial charge in [0.15, 0.2) is 0 Å². The van der Waals surface area contributed by atoms with Crippen LogP contribution in [0.15, 0.2) is 23.6 Å². The number of benzene rings is 1. The first-order valence-corrected chi connectivity index (χ1v) is 8.39. The Balaban J connectivity index is 1.69. The van der Waals surface area contributed by atoms with Gasteiger partial charge in [0, 0.05) is 11.3 Å². The number of aliphatic hydroxyl groups is 1. The van der Waals surface area contributed by atoms with E-state index in [1.54, 1.807) is 11.3 Å². The maximum Gasteiger partial charge on any atom is 0.131 e. The van der Waals surface area contributed by atoms with E-state index in [4.69, 9.17) is 4.74 Å². The van der Waals surface area contributed by atoms with Gasteiger partial charge in [-0.05, 0) is 42.5 Å². The van der Waals surface area contributed by atoms with Gasteiger partial charge >= 0.3 is 0 Å². The summed E-state index contributed by atoms with van der Waals surface area (Å²) >= 11 is 1.68. The minimum atomic E-state index is -0.343. The molecule has 21 heavy (non-hydrogen) atoms. The number of hydrogen-bond donors (Lipinski definition) is 1. The number of ether oxygens (including phenoxy) is 1. The van der Waals surface area contributed by atoms with Crippen LogP contribution >= 0.6 is 11.3 Å². The number of rotatable bonds is 4. The van der Waals surface area contributed by atoms with Crippen LogP contribution in [0.5, 0.6) is 5.75 Å². The topological polar surface area (TPSA) is 42.4 Å². The lowest BCUT2D eigenvalue weighted by molar-refractivity contribution is 0.156. The number of fused-ring (bicyclic) bond motifs is 1. The van der Waals surface area contributed by atoms with Gasteiger partial charge in [-0.2, -0.15) is 0 Å². The monoisotopic (exact) mass is 303 g/mol. The summed E-state index contributed by atoms with van der Waals surface area (Å²) in [5.74, 6) is 1.27. The van der Waals surface area contributed by atoms with E-state index in [-0.39, 0.29) is 6.10 Å². The van der Waals surface area contributed by atoms with Crippen molar-refractivity contribution >= 4 is 11.3 Å². The molecule has 1 N–H and O–H groups in total. The molecule has 0 aliphatic heterocycles. The summed E-state index contributed by atoms with van der Waals surface area (Å²) in [4.78, 5) is 4.57. The highest BCUT2D eigenvalue weighted by molar-refractivity contribution is 7.09. The molecule has 0 radical (unpaired) electrons. The van der Waals surface area contributed by atoms with Gasteiger partial charge in [-0.1, -0.05) is 19.9 Å². The molecule has 3 rings (SSSR count). The molecule has 0 bridgehead atoms. The van der Waals surface area contributed by atoms with Crippen LogP contribution < -0.4 is 4.74 Å². The zero-order chi connectivity index (χ0) is 14.8. The molecule has 112 valence electrons. The summed E-state index contributed by atoms with van der Waals surface area (Å²) in [6, 6.07) is 6.05. The average Bonchev–Trinajstić information content (AvgIpc) is 2.95. The lowest BCUT2D eigenvalue weighted by Gasteiger charge is -2.21. The van der Waals surface area contributed by atoms with Gasteiger partial charge in [0.05, 0.1) is 16.8 Å². The van der Waals surface area contributed by atoms with Crippen molar-refractivity contribution in [2.24, 2.45) is 0 Å². The fraction of sp³-hybridized carbons (Fsp3) is 0.471. The molecule has 1 aromatic carbocycles. The Morgan fingerprint density at radius 2 is 2.29 bits per heavy atom. The Kier molecular flexibility index (Phi) is 4.27. The zero-order valence-electron chi connectivity index (χ0n) is 12.5. The Bertz CT molecular complexity index is 621. The van der Waals surface area contributed by atoms with E-state index in [1.807, 2.05) is 12.1 Å². The fourth-order valence-corrected chi connectivity index (χ4v) is 3.47. The zero-order valence-corrected chi connectivity index (χ0v) is 13.3. The molecular formula is C17H21NO2S. The lowest BCUT2D eigenvalue weighted by atomic mass is 9.89. The maximum absolute atomic E-state index is 10.1. The Hall–Kier alpha value is -1.39. The molecule has 1 heterocycles. The molecular weight excluding hydrogens is 282 g/mol. The number of aromatic nitrogens is 1. The fourth-order valence-electron chi connectivity index (χ4n) is 2.65.